The Balaban J connectivity index is 1.79. The van der Waals surface area contributed by atoms with Crippen LogP contribution in [0, 0.1) is 5.92 Å². The number of furan rings is 1. The van der Waals surface area contributed by atoms with Gasteiger partial charge >= 0.3 is 0 Å². The zero-order chi connectivity index (χ0) is 12.8. The lowest BCUT2D eigenvalue weighted by Gasteiger charge is -2.28. The Morgan fingerprint density at radius 3 is 3.05 bits per heavy atom. The molecule has 2 aromatic rings. The number of fused-ring (bicyclic) bond motifs is 1. The Bertz CT molecular complexity index is 618. The standard InChI is InChI=1S/C12H12N4O2S/c17-11(8-3-4-8)15-5-7-19-12-14-13-10(16(12)15)9-2-1-6-18-9/h1-2,6,8H,3-5,7H2. The summed E-state index contributed by atoms with van der Waals surface area (Å²) in [5.74, 6) is 2.45. The van der Waals surface area contributed by atoms with Crippen molar-refractivity contribution >= 4 is 17.7 Å². The van der Waals surface area contributed by atoms with Gasteiger partial charge in [-0.05, 0) is 25.0 Å². The van der Waals surface area contributed by atoms with Crippen molar-refractivity contribution < 1.29 is 9.21 Å². The second kappa shape index (κ2) is 4.12. The van der Waals surface area contributed by atoms with Gasteiger partial charge in [0, 0.05) is 11.7 Å². The molecule has 19 heavy (non-hydrogen) atoms. The van der Waals surface area contributed by atoms with Crippen LogP contribution in [-0.4, -0.2) is 33.1 Å². The molecule has 1 amide bonds. The maximum absolute atomic E-state index is 12.4. The van der Waals surface area contributed by atoms with Crippen LogP contribution in [0.2, 0.25) is 0 Å². The second-order valence-corrected chi connectivity index (χ2v) is 5.74. The van der Waals surface area contributed by atoms with Crippen LogP contribution in [0.25, 0.3) is 11.6 Å². The molecule has 0 spiro atoms. The molecule has 0 bridgehead atoms. The van der Waals surface area contributed by atoms with Gasteiger partial charge < -0.3 is 4.42 Å². The second-order valence-electron chi connectivity index (χ2n) is 4.68. The van der Waals surface area contributed by atoms with Gasteiger partial charge in [0.2, 0.25) is 16.9 Å². The number of hydrogen-bond acceptors (Lipinski definition) is 5. The van der Waals surface area contributed by atoms with Crippen LogP contribution in [0.4, 0.5) is 0 Å². The van der Waals surface area contributed by atoms with E-state index in [1.54, 1.807) is 33.8 Å². The van der Waals surface area contributed by atoms with E-state index in [1.165, 1.54) is 0 Å². The van der Waals surface area contributed by atoms with Crippen molar-refractivity contribution in [2.24, 2.45) is 5.92 Å². The number of aromatic nitrogens is 3. The number of carbonyl (C=O) groups is 1. The average Bonchev–Trinajstić information content (AvgIpc) is 2.98. The van der Waals surface area contributed by atoms with E-state index in [0.717, 1.165) is 23.8 Å². The summed E-state index contributed by atoms with van der Waals surface area (Å²) in [5.41, 5.74) is 0. The van der Waals surface area contributed by atoms with Crippen LogP contribution in [0.3, 0.4) is 0 Å². The van der Waals surface area contributed by atoms with Gasteiger partial charge in [-0.15, -0.1) is 10.2 Å². The highest BCUT2D eigenvalue weighted by molar-refractivity contribution is 7.99. The summed E-state index contributed by atoms with van der Waals surface area (Å²) >= 11 is 1.61. The molecule has 0 N–H and O–H groups in total. The van der Waals surface area contributed by atoms with E-state index in [1.807, 2.05) is 6.07 Å². The summed E-state index contributed by atoms with van der Waals surface area (Å²) < 4.78 is 7.18. The highest BCUT2D eigenvalue weighted by atomic mass is 32.2. The largest absolute Gasteiger partial charge is 0.461 e. The van der Waals surface area contributed by atoms with Crippen molar-refractivity contribution in [3.05, 3.63) is 18.4 Å². The van der Waals surface area contributed by atoms with Crippen LogP contribution in [0.15, 0.2) is 28.0 Å². The quantitative estimate of drug-likeness (QED) is 0.832. The van der Waals surface area contributed by atoms with Crippen LogP contribution in [-0.2, 0) is 4.79 Å². The van der Waals surface area contributed by atoms with Crippen molar-refractivity contribution in [1.29, 1.82) is 0 Å². The minimum atomic E-state index is 0.175. The summed E-state index contributed by atoms with van der Waals surface area (Å²) in [6.07, 6.45) is 3.59. The molecule has 0 radical (unpaired) electrons. The highest BCUT2D eigenvalue weighted by Crippen LogP contribution is 2.34. The van der Waals surface area contributed by atoms with Gasteiger partial charge in [0.05, 0.1) is 12.8 Å². The number of nitrogens with zero attached hydrogens (tertiary/aromatic N) is 4. The van der Waals surface area contributed by atoms with Crippen molar-refractivity contribution in [2.45, 2.75) is 18.0 Å². The lowest BCUT2D eigenvalue weighted by atomic mass is 10.4. The van der Waals surface area contributed by atoms with Gasteiger partial charge in [0.15, 0.2) is 5.76 Å². The third-order valence-corrected chi connectivity index (χ3v) is 4.21. The molecule has 1 aliphatic heterocycles. The molecule has 2 aromatic heterocycles. The van der Waals surface area contributed by atoms with Crippen LogP contribution < -0.4 is 5.01 Å². The molecule has 6 nitrogen and oxygen atoms in total. The van der Waals surface area contributed by atoms with Crippen molar-refractivity contribution in [3.8, 4) is 11.6 Å². The predicted octanol–water partition coefficient (Wildman–Crippen LogP) is 1.52. The fourth-order valence-corrected chi connectivity index (χ4v) is 3.06. The van der Waals surface area contributed by atoms with E-state index < -0.39 is 0 Å². The third kappa shape index (κ3) is 1.76. The van der Waals surface area contributed by atoms with Crippen molar-refractivity contribution in [1.82, 2.24) is 14.9 Å². The van der Waals surface area contributed by atoms with E-state index >= 15 is 0 Å². The minimum Gasteiger partial charge on any atom is -0.461 e. The minimum absolute atomic E-state index is 0.175. The first-order valence-corrected chi connectivity index (χ1v) is 7.27. The Labute approximate surface area is 113 Å². The monoisotopic (exact) mass is 276 g/mol. The molecule has 4 rings (SSSR count). The van der Waals surface area contributed by atoms with Gasteiger partial charge in [-0.1, -0.05) is 11.8 Å². The summed E-state index contributed by atoms with van der Waals surface area (Å²) in [5, 5.41) is 10.8. The number of carbonyl (C=O) groups excluding carboxylic acids is 1. The molecule has 3 heterocycles. The zero-order valence-corrected chi connectivity index (χ0v) is 11.0. The SMILES string of the molecule is O=C(C1CC1)N1CCSc2nnc(-c3ccco3)n21. The average molecular weight is 276 g/mol. The summed E-state index contributed by atoms with van der Waals surface area (Å²) in [6, 6.07) is 3.64. The summed E-state index contributed by atoms with van der Waals surface area (Å²) in [7, 11) is 0. The van der Waals surface area contributed by atoms with Gasteiger partial charge in [0.1, 0.15) is 0 Å². The van der Waals surface area contributed by atoms with Crippen LogP contribution in [0.1, 0.15) is 12.8 Å². The van der Waals surface area contributed by atoms with E-state index in [4.69, 9.17) is 4.42 Å². The molecular weight excluding hydrogens is 264 g/mol. The summed E-state index contributed by atoms with van der Waals surface area (Å²) in [4.78, 5) is 12.4. The molecule has 98 valence electrons. The number of hydrogen-bond donors (Lipinski definition) is 0. The summed E-state index contributed by atoms with van der Waals surface area (Å²) in [6.45, 7) is 0.693. The Hall–Kier alpha value is -1.76. The topological polar surface area (TPSA) is 64.2 Å². The van der Waals surface area contributed by atoms with Crippen LogP contribution >= 0.6 is 11.8 Å². The highest BCUT2D eigenvalue weighted by Gasteiger charge is 2.37. The van der Waals surface area contributed by atoms with Gasteiger partial charge in [-0.25, -0.2) is 9.69 Å². The first-order chi connectivity index (χ1) is 9.34. The Kier molecular flexibility index (Phi) is 2.41. The van der Waals surface area contributed by atoms with Gasteiger partial charge in [0.25, 0.3) is 0 Å². The van der Waals surface area contributed by atoms with Gasteiger partial charge in [-0.3, -0.25) is 4.79 Å². The fraction of sp³-hybridized carbons (Fsp3) is 0.417. The molecule has 1 aliphatic carbocycles. The normalized spacial score (nSPS) is 18.4. The predicted molar refractivity (Wildman–Crippen MR) is 69.3 cm³/mol. The molecule has 1 saturated carbocycles. The molecule has 7 heteroatoms. The molecule has 1 fully saturated rings. The Morgan fingerprint density at radius 1 is 1.42 bits per heavy atom. The Morgan fingerprint density at radius 2 is 2.32 bits per heavy atom. The van der Waals surface area contributed by atoms with Gasteiger partial charge in [-0.2, -0.15) is 0 Å². The number of thioether (sulfide) groups is 1. The van der Waals surface area contributed by atoms with E-state index in [0.29, 0.717) is 18.1 Å². The fourth-order valence-electron chi connectivity index (χ4n) is 2.21. The lowest BCUT2D eigenvalue weighted by Crippen LogP contribution is -2.45. The number of amides is 1. The van der Waals surface area contributed by atoms with E-state index in [-0.39, 0.29) is 11.8 Å². The van der Waals surface area contributed by atoms with E-state index in [2.05, 4.69) is 10.2 Å². The first kappa shape index (κ1) is 11.1. The molecular formula is C12H12N4O2S. The molecule has 0 aromatic carbocycles. The maximum atomic E-state index is 12.4. The van der Waals surface area contributed by atoms with E-state index in [9.17, 15) is 4.79 Å². The third-order valence-electron chi connectivity index (χ3n) is 3.31. The first-order valence-electron chi connectivity index (χ1n) is 6.28. The molecule has 0 atom stereocenters. The lowest BCUT2D eigenvalue weighted by molar-refractivity contribution is -0.121. The maximum Gasteiger partial charge on any atom is 0.244 e. The molecule has 0 saturated heterocycles. The molecule has 0 unspecified atom stereocenters. The van der Waals surface area contributed by atoms with Crippen LogP contribution in [0.5, 0.6) is 0 Å². The van der Waals surface area contributed by atoms with Crippen molar-refractivity contribution in [3.63, 3.8) is 0 Å². The molecule has 2 aliphatic rings. The number of rotatable bonds is 2. The smallest absolute Gasteiger partial charge is 0.244 e. The van der Waals surface area contributed by atoms with Crippen molar-refractivity contribution in [2.75, 3.05) is 17.3 Å². The zero-order valence-electron chi connectivity index (χ0n) is 10.2.